The Morgan fingerprint density at radius 2 is 1.80 bits per heavy atom. The van der Waals surface area contributed by atoms with Gasteiger partial charge in [-0.2, -0.15) is 0 Å². The third-order valence-electron chi connectivity index (χ3n) is 2.93. The molecule has 1 aromatic heterocycles. The maximum absolute atomic E-state index is 10.5. The van der Waals surface area contributed by atoms with Gasteiger partial charge in [-0.05, 0) is 45.1 Å². The summed E-state index contributed by atoms with van der Waals surface area (Å²) in [7, 11) is 4.64. The van der Waals surface area contributed by atoms with Crippen molar-refractivity contribution in [1.29, 1.82) is 0 Å². The first kappa shape index (κ1) is 15.2. The summed E-state index contributed by atoms with van der Waals surface area (Å²) in [5.74, 6) is 1.51. The molecule has 1 aromatic carbocycles. The van der Waals surface area contributed by atoms with Crippen LogP contribution in [0.1, 0.15) is 17.2 Å². The minimum atomic E-state index is -0.785. The molecule has 0 radical (unpaired) electrons. The lowest BCUT2D eigenvalue weighted by Gasteiger charge is -2.18. The predicted molar refractivity (Wildman–Crippen MR) is 82.2 cm³/mol. The van der Waals surface area contributed by atoms with E-state index in [9.17, 15) is 5.11 Å². The van der Waals surface area contributed by atoms with Crippen LogP contribution in [0.2, 0.25) is 0 Å². The number of aliphatic hydroxyl groups is 1. The molecule has 0 amide bonds. The van der Waals surface area contributed by atoms with Crippen LogP contribution >= 0.6 is 27.3 Å². The fourth-order valence-electron chi connectivity index (χ4n) is 1.99. The molecular weight excluding hydrogens is 344 g/mol. The van der Waals surface area contributed by atoms with Crippen LogP contribution in [0.4, 0.5) is 0 Å². The van der Waals surface area contributed by atoms with Crippen molar-refractivity contribution in [2.24, 2.45) is 0 Å². The Labute approximate surface area is 130 Å². The van der Waals surface area contributed by atoms with Gasteiger partial charge >= 0.3 is 0 Å². The lowest BCUT2D eigenvalue weighted by atomic mass is 10.0. The van der Waals surface area contributed by atoms with E-state index >= 15 is 0 Å². The van der Waals surface area contributed by atoms with Crippen LogP contribution in [-0.4, -0.2) is 26.4 Å². The molecule has 20 heavy (non-hydrogen) atoms. The number of methoxy groups -OCH3 is 3. The Kier molecular flexibility index (Phi) is 4.91. The van der Waals surface area contributed by atoms with E-state index in [1.54, 1.807) is 19.2 Å². The summed E-state index contributed by atoms with van der Waals surface area (Å²) >= 11 is 4.91. The second-order valence-electron chi connectivity index (χ2n) is 4.01. The Hall–Kier alpha value is -1.24. The largest absolute Gasteiger partial charge is 0.493 e. The van der Waals surface area contributed by atoms with Crippen molar-refractivity contribution < 1.29 is 19.3 Å². The number of hydrogen-bond donors (Lipinski definition) is 1. The quantitative estimate of drug-likeness (QED) is 0.886. The molecule has 2 aromatic rings. The average molecular weight is 359 g/mol. The first-order chi connectivity index (χ1) is 9.62. The standard InChI is InChI=1S/C14H15BrO4S/c1-17-10-5-4-9(13(18-2)14(10)19-3)12(16)8-6-11(15)20-7-8/h4-7,12,16H,1-3H3. The van der Waals surface area contributed by atoms with Crippen molar-refractivity contribution >= 4 is 27.3 Å². The summed E-state index contributed by atoms with van der Waals surface area (Å²) in [6, 6.07) is 5.41. The van der Waals surface area contributed by atoms with Gasteiger partial charge in [0.15, 0.2) is 11.5 Å². The van der Waals surface area contributed by atoms with Gasteiger partial charge in [0, 0.05) is 5.56 Å². The van der Waals surface area contributed by atoms with Crippen LogP contribution in [-0.2, 0) is 0 Å². The molecular formula is C14H15BrO4S. The Morgan fingerprint density at radius 3 is 2.30 bits per heavy atom. The van der Waals surface area contributed by atoms with Crippen molar-refractivity contribution in [3.8, 4) is 17.2 Å². The molecule has 0 saturated heterocycles. The molecule has 0 saturated carbocycles. The fraction of sp³-hybridized carbons (Fsp3) is 0.286. The Morgan fingerprint density at radius 1 is 1.10 bits per heavy atom. The molecule has 1 atom stereocenters. The van der Waals surface area contributed by atoms with Gasteiger partial charge in [0.05, 0.1) is 25.1 Å². The van der Waals surface area contributed by atoms with Crippen molar-refractivity contribution in [3.05, 3.63) is 38.5 Å². The zero-order chi connectivity index (χ0) is 14.7. The maximum atomic E-state index is 10.5. The second kappa shape index (κ2) is 6.47. The third kappa shape index (κ3) is 2.77. The van der Waals surface area contributed by atoms with E-state index in [2.05, 4.69) is 15.9 Å². The summed E-state index contributed by atoms with van der Waals surface area (Å²) in [6.07, 6.45) is -0.785. The van der Waals surface area contributed by atoms with E-state index in [1.165, 1.54) is 25.6 Å². The van der Waals surface area contributed by atoms with Crippen molar-refractivity contribution in [2.75, 3.05) is 21.3 Å². The van der Waals surface area contributed by atoms with Gasteiger partial charge in [-0.1, -0.05) is 0 Å². The predicted octanol–water partition coefficient (Wildman–Crippen LogP) is 3.62. The van der Waals surface area contributed by atoms with E-state index in [-0.39, 0.29) is 0 Å². The zero-order valence-electron chi connectivity index (χ0n) is 11.3. The summed E-state index contributed by atoms with van der Waals surface area (Å²) in [5, 5.41) is 12.4. The van der Waals surface area contributed by atoms with Crippen molar-refractivity contribution in [2.45, 2.75) is 6.10 Å². The Bertz CT molecular complexity index is 597. The number of thiophene rings is 1. The van der Waals surface area contributed by atoms with Crippen molar-refractivity contribution in [1.82, 2.24) is 0 Å². The minimum Gasteiger partial charge on any atom is -0.493 e. The molecule has 4 nitrogen and oxygen atoms in total. The molecule has 0 spiro atoms. The molecule has 0 aliphatic carbocycles. The van der Waals surface area contributed by atoms with E-state index in [0.717, 1.165) is 9.35 Å². The van der Waals surface area contributed by atoms with Crippen LogP contribution < -0.4 is 14.2 Å². The van der Waals surface area contributed by atoms with Crippen LogP contribution in [0.3, 0.4) is 0 Å². The summed E-state index contributed by atoms with van der Waals surface area (Å²) in [6.45, 7) is 0. The highest BCUT2D eigenvalue weighted by Crippen LogP contribution is 2.44. The van der Waals surface area contributed by atoms with Crippen LogP contribution in [0.25, 0.3) is 0 Å². The highest BCUT2D eigenvalue weighted by molar-refractivity contribution is 9.11. The zero-order valence-corrected chi connectivity index (χ0v) is 13.7. The Balaban J connectivity index is 2.51. The number of benzene rings is 1. The SMILES string of the molecule is COc1ccc(C(O)c2csc(Br)c2)c(OC)c1OC. The number of rotatable bonds is 5. The monoisotopic (exact) mass is 358 g/mol. The normalized spacial score (nSPS) is 12.1. The molecule has 1 unspecified atom stereocenters. The minimum absolute atomic E-state index is 0.473. The smallest absolute Gasteiger partial charge is 0.203 e. The summed E-state index contributed by atoms with van der Waals surface area (Å²) < 4.78 is 16.9. The van der Waals surface area contributed by atoms with Gasteiger partial charge < -0.3 is 19.3 Å². The molecule has 0 aliphatic rings. The van der Waals surface area contributed by atoms with Gasteiger partial charge in [-0.3, -0.25) is 0 Å². The molecule has 1 N–H and O–H groups in total. The highest BCUT2D eigenvalue weighted by Gasteiger charge is 2.22. The molecule has 2 rings (SSSR count). The van der Waals surface area contributed by atoms with Gasteiger partial charge in [0.1, 0.15) is 6.10 Å². The van der Waals surface area contributed by atoms with Crippen LogP contribution in [0, 0.1) is 0 Å². The van der Waals surface area contributed by atoms with E-state index in [1.807, 2.05) is 11.4 Å². The summed E-state index contributed by atoms with van der Waals surface area (Å²) in [4.78, 5) is 0. The lowest BCUT2D eigenvalue weighted by molar-refractivity contribution is 0.212. The van der Waals surface area contributed by atoms with Gasteiger partial charge in [-0.25, -0.2) is 0 Å². The van der Waals surface area contributed by atoms with Gasteiger partial charge in [-0.15, -0.1) is 11.3 Å². The van der Waals surface area contributed by atoms with Crippen LogP contribution in [0.15, 0.2) is 27.4 Å². The van der Waals surface area contributed by atoms with Crippen molar-refractivity contribution in [3.63, 3.8) is 0 Å². The summed E-state index contributed by atoms with van der Waals surface area (Å²) in [5.41, 5.74) is 1.43. The molecule has 0 fully saturated rings. The highest BCUT2D eigenvalue weighted by atomic mass is 79.9. The third-order valence-corrected chi connectivity index (χ3v) is 4.46. The lowest BCUT2D eigenvalue weighted by Crippen LogP contribution is -2.04. The topological polar surface area (TPSA) is 47.9 Å². The molecule has 1 heterocycles. The van der Waals surface area contributed by atoms with Crippen LogP contribution in [0.5, 0.6) is 17.2 Å². The van der Waals surface area contributed by atoms with Gasteiger partial charge in [0.2, 0.25) is 5.75 Å². The molecule has 0 bridgehead atoms. The van der Waals surface area contributed by atoms with E-state index in [0.29, 0.717) is 22.8 Å². The number of aliphatic hydroxyl groups excluding tert-OH is 1. The molecule has 0 aliphatic heterocycles. The molecule has 6 heteroatoms. The van der Waals surface area contributed by atoms with Gasteiger partial charge in [0.25, 0.3) is 0 Å². The first-order valence-electron chi connectivity index (χ1n) is 5.83. The fourth-order valence-corrected chi connectivity index (χ4v) is 3.18. The van der Waals surface area contributed by atoms with E-state index in [4.69, 9.17) is 14.2 Å². The molecule has 108 valence electrons. The maximum Gasteiger partial charge on any atom is 0.203 e. The first-order valence-corrected chi connectivity index (χ1v) is 7.50. The average Bonchev–Trinajstić information content (AvgIpc) is 2.91. The number of hydrogen-bond acceptors (Lipinski definition) is 5. The van der Waals surface area contributed by atoms with E-state index < -0.39 is 6.10 Å². The number of halogens is 1. The number of ether oxygens (including phenoxy) is 3. The second-order valence-corrected chi connectivity index (χ2v) is 6.30.